The van der Waals surface area contributed by atoms with Crippen LogP contribution in [-0.2, 0) is 6.54 Å². The minimum Gasteiger partial charge on any atom is -0.292 e. The predicted molar refractivity (Wildman–Crippen MR) is 108 cm³/mol. The Morgan fingerprint density at radius 3 is 2.48 bits per heavy atom. The molecule has 0 aliphatic rings. The van der Waals surface area contributed by atoms with E-state index in [0.717, 1.165) is 4.70 Å². The molecule has 0 fully saturated rings. The number of fused-ring (bicyclic) bond motifs is 2. The van der Waals surface area contributed by atoms with Gasteiger partial charge in [0.15, 0.2) is 0 Å². The molecule has 0 amide bonds. The summed E-state index contributed by atoms with van der Waals surface area (Å²) in [7, 11) is 0. The van der Waals surface area contributed by atoms with E-state index >= 15 is 0 Å². The molecular formula is C21H17FN2O2S. The fourth-order valence-corrected chi connectivity index (χ4v) is 4.18. The number of benzene rings is 2. The zero-order valence-corrected chi connectivity index (χ0v) is 15.7. The van der Waals surface area contributed by atoms with Crippen molar-refractivity contribution in [2.45, 2.75) is 20.4 Å². The molecule has 0 unspecified atom stereocenters. The minimum absolute atomic E-state index is 0.116. The molecule has 0 radical (unpaired) electrons. The number of hydrogen-bond donors (Lipinski definition) is 0. The molecule has 0 aliphatic heterocycles. The molecule has 4 aromatic rings. The van der Waals surface area contributed by atoms with Crippen molar-refractivity contribution in [3.05, 3.63) is 74.9 Å². The van der Waals surface area contributed by atoms with Crippen LogP contribution in [0.15, 0.2) is 58.1 Å². The highest BCUT2D eigenvalue weighted by molar-refractivity contribution is 7.24. The summed E-state index contributed by atoms with van der Waals surface area (Å²) in [6.07, 6.45) is 0. The lowest BCUT2D eigenvalue weighted by molar-refractivity contribution is 0.513. The molecule has 6 heteroatoms. The van der Waals surface area contributed by atoms with Crippen LogP contribution in [0.2, 0.25) is 0 Å². The second-order valence-electron chi connectivity index (χ2n) is 6.86. The third-order valence-corrected chi connectivity index (χ3v) is 5.42. The van der Waals surface area contributed by atoms with Gasteiger partial charge in [0.05, 0.1) is 0 Å². The smallest absolute Gasteiger partial charge is 0.266 e. The van der Waals surface area contributed by atoms with Crippen LogP contribution in [0.3, 0.4) is 0 Å². The molecule has 4 nitrogen and oxygen atoms in total. The van der Waals surface area contributed by atoms with Gasteiger partial charge in [-0.15, -0.1) is 11.3 Å². The summed E-state index contributed by atoms with van der Waals surface area (Å²) in [5.41, 5.74) is 0.00361. The van der Waals surface area contributed by atoms with Gasteiger partial charge in [-0.25, -0.2) is 9.37 Å². The number of aromatic nitrogens is 2. The average molecular weight is 380 g/mol. The van der Waals surface area contributed by atoms with Crippen molar-refractivity contribution in [1.82, 2.24) is 9.55 Å². The molecule has 0 saturated heterocycles. The van der Waals surface area contributed by atoms with E-state index in [1.54, 1.807) is 24.3 Å². The predicted octanol–water partition coefficient (Wildman–Crippen LogP) is 4.43. The standard InChI is InChI=1S/C21H17FN2O2S/c1-12(2)11-24-19(13-7-9-14(22)10-8-13)23-20-17(21(24)26)18(25)15-5-3-4-6-16(15)27-20/h3-10,12H,11H2,1-2H3. The van der Waals surface area contributed by atoms with Crippen molar-refractivity contribution in [1.29, 1.82) is 0 Å². The molecule has 0 spiro atoms. The van der Waals surface area contributed by atoms with E-state index in [9.17, 15) is 14.0 Å². The minimum atomic E-state index is -0.354. The lowest BCUT2D eigenvalue weighted by Crippen LogP contribution is -2.28. The summed E-state index contributed by atoms with van der Waals surface area (Å²) in [6, 6.07) is 13.1. The SMILES string of the molecule is CC(C)Cn1c(-c2ccc(F)cc2)nc2sc3ccccc3c(=O)c2c1=O. The van der Waals surface area contributed by atoms with Crippen LogP contribution in [0.25, 0.3) is 31.7 Å². The highest BCUT2D eigenvalue weighted by Crippen LogP contribution is 2.25. The summed E-state index contributed by atoms with van der Waals surface area (Å²) in [4.78, 5) is 31.3. The first-order chi connectivity index (χ1) is 13.0. The van der Waals surface area contributed by atoms with Gasteiger partial charge < -0.3 is 0 Å². The maximum atomic E-state index is 13.3. The van der Waals surface area contributed by atoms with E-state index in [1.165, 1.54) is 28.0 Å². The van der Waals surface area contributed by atoms with Crippen LogP contribution in [0.1, 0.15) is 13.8 Å². The van der Waals surface area contributed by atoms with Crippen molar-refractivity contribution in [3.8, 4) is 11.4 Å². The zero-order chi connectivity index (χ0) is 19.1. The number of rotatable bonds is 3. The lowest BCUT2D eigenvalue weighted by Gasteiger charge is -2.15. The highest BCUT2D eigenvalue weighted by Gasteiger charge is 2.18. The fourth-order valence-electron chi connectivity index (χ4n) is 3.14. The Morgan fingerprint density at radius 2 is 1.78 bits per heavy atom. The molecule has 2 aromatic carbocycles. The Hall–Kier alpha value is -2.86. The molecule has 0 atom stereocenters. The van der Waals surface area contributed by atoms with Gasteiger partial charge in [0, 0.05) is 22.2 Å². The van der Waals surface area contributed by atoms with Gasteiger partial charge in [-0.3, -0.25) is 14.2 Å². The summed E-state index contributed by atoms with van der Waals surface area (Å²) >= 11 is 1.32. The van der Waals surface area contributed by atoms with Crippen molar-refractivity contribution < 1.29 is 4.39 Å². The highest BCUT2D eigenvalue weighted by atomic mass is 32.1. The normalized spacial score (nSPS) is 11.6. The van der Waals surface area contributed by atoms with E-state index in [2.05, 4.69) is 4.98 Å². The molecule has 2 heterocycles. The van der Waals surface area contributed by atoms with Crippen LogP contribution in [0.4, 0.5) is 4.39 Å². The molecule has 136 valence electrons. The van der Waals surface area contributed by atoms with Crippen LogP contribution >= 0.6 is 11.3 Å². The van der Waals surface area contributed by atoms with Gasteiger partial charge in [-0.2, -0.15) is 0 Å². The van der Waals surface area contributed by atoms with E-state index in [0.29, 0.717) is 28.1 Å². The summed E-state index contributed by atoms with van der Waals surface area (Å²) in [6.45, 7) is 4.41. The monoisotopic (exact) mass is 380 g/mol. The topological polar surface area (TPSA) is 52.0 Å². The number of nitrogens with zero attached hydrogens (tertiary/aromatic N) is 2. The molecule has 0 saturated carbocycles. The maximum absolute atomic E-state index is 13.3. The average Bonchev–Trinajstić information content (AvgIpc) is 2.64. The fraction of sp³-hybridized carbons (Fsp3) is 0.190. The maximum Gasteiger partial charge on any atom is 0.266 e. The summed E-state index contributed by atoms with van der Waals surface area (Å²) in [5.74, 6) is 0.278. The Morgan fingerprint density at radius 1 is 1.07 bits per heavy atom. The van der Waals surface area contributed by atoms with Gasteiger partial charge in [0.2, 0.25) is 5.43 Å². The van der Waals surface area contributed by atoms with Crippen LogP contribution < -0.4 is 11.0 Å². The Kier molecular flexibility index (Phi) is 4.36. The molecule has 0 aliphatic carbocycles. The van der Waals surface area contributed by atoms with Gasteiger partial charge in [0.1, 0.15) is 21.9 Å². The van der Waals surface area contributed by atoms with Gasteiger partial charge in [-0.1, -0.05) is 26.0 Å². The number of halogens is 1. The van der Waals surface area contributed by atoms with Crippen molar-refractivity contribution in [3.63, 3.8) is 0 Å². The van der Waals surface area contributed by atoms with Crippen LogP contribution in [0, 0.1) is 11.7 Å². The first-order valence-electron chi connectivity index (χ1n) is 8.68. The third kappa shape index (κ3) is 3.06. The second-order valence-corrected chi connectivity index (χ2v) is 7.89. The Balaban J connectivity index is 2.13. The lowest BCUT2D eigenvalue weighted by atomic mass is 10.1. The molecule has 0 N–H and O–H groups in total. The van der Waals surface area contributed by atoms with Crippen LogP contribution in [0.5, 0.6) is 0 Å². The molecular weight excluding hydrogens is 363 g/mol. The molecule has 0 bridgehead atoms. The first-order valence-corrected chi connectivity index (χ1v) is 9.49. The van der Waals surface area contributed by atoms with Crippen LogP contribution in [-0.4, -0.2) is 9.55 Å². The Bertz CT molecular complexity index is 1270. The van der Waals surface area contributed by atoms with E-state index in [1.807, 2.05) is 26.0 Å². The zero-order valence-electron chi connectivity index (χ0n) is 14.9. The Labute approximate surface area is 158 Å². The second kappa shape index (κ2) is 6.70. The van der Waals surface area contributed by atoms with Crippen molar-refractivity contribution >= 4 is 31.6 Å². The molecule has 4 rings (SSSR count). The van der Waals surface area contributed by atoms with Crippen molar-refractivity contribution in [2.75, 3.05) is 0 Å². The third-order valence-electron chi connectivity index (χ3n) is 4.35. The number of hydrogen-bond acceptors (Lipinski definition) is 4. The van der Waals surface area contributed by atoms with Crippen molar-refractivity contribution in [2.24, 2.45) is 5.92 Å². The van der Waals surface area contributed by atoms with E-state index in [4.69, 9.17) is 0 Å². The first kappa shape index (κ1) is 17.5. The molecule has 27 heavy (non-hydrogen) atoms. The van der Waals surface area contributed by atoms with E-state index < -0.39 is 0 Å². The van der Waals surface area contributed by atoms with Gasteiger partial charge in [-0.05, 0) is 42.3 Å². The van der Waals surface area contributed by atoms with Gasteiger partial charge in [0.25, 0.3) is 5.56 Å². The van der Waals surface area contributed by atoms with Gasteiger partial charge >= 0.3 is 0 Å². The summed E-state index contributed by atoms with van der Waals surface area (Å²) in [5, 5.41) is 0.643. The van der Waals surface area contributed by atoms with E-state index in [-0.39, 0.29) is 28.1 Å². The summed E-state index contributed by atoms with van der Waals surface area (Å²) < 4.78 is 15.7. The largest absolute Gasteiger partial charge is 0.292 e. The molecule has 2 aromatic heterocycles. The quantitative estimate of drug-likeness (QED) is 0.494.